The molecule has 0 saturated heterocycles. The summed E-state index contributed by atoms with van der Waals surface area (Å²) < 4.78 is 1.56. The number of nitrogens with one attached hydrogen (secondary N) is 1. The van der Waals surface area contributed by atoms with Crippen LogP contribution in [0.1, 0.15) is 28.9 Å². The number of phenols is 1. The van der Waals surface area contributed by atoms with Crippen molar-refractivity contribution in [3.8, 4) is 11.5 Å². The fourth-order valence-electron chi connectivity index (χ4n) is 3.49. The van der Waals surface area contributed by atoms with Crippen molar-refractivity contribution in [2.45, 2.75) is 19.4 Å². The Morgan fingerprint density at radius 3 is 2.68 bits per heavy atom. The molecule has 1 aliphatic rings. The molecule has 0 unspecified atom stereocenters. The van der Waals surface area contributed by atoms with Crippen molar-refractivity contribution < 1.29 is 15.0 Å². The largest absolute Gasteiger partial charge is 0.506 e. The fourth-order valence-corrected chi connectivity index (χ4v) is 3.49. The lowest BCUT2D eigenvalue weighted by Gasteiger charge is -2.14. The van der Waals surface area contributed by atoms with Crippen LogP contribution in [-0.2, 0) is 6.42 Å². The molecule has 3 N–H and O–H groups in total. The lowest BCUT2D eigenvalue weighted by molar-refractivity contribution is 0.102. The first-order valence-corrected chi connectivity index (χ1v) is 7.97. The molecule has 0 radical (unpaired) electrons. The number of amides is 1. The van der Waals surface area contributed by atoms with Crippen LogP contribution in [0.3, 0.4) is 0 Å². The van der Waals surface area contributed by atoms with Gasteiger partial charge in [0, 0.05) is 11.4 Å². The highest BCUT2D eigenvalue weighted by Gasteiger charge is 2.29. The molecule has 1 aliphatic heterocycles. The molecular formula is C19H16N2O4. The number of rotatable bonds is 2. The maximum Gasteiger partial charge on any atom is 0.268 e. The molecule has 2 heterocycles. The molecule has 6 heteroatoms. The van der Waals surface area contributed by atoms with Gasteiger partial charge in [0.2, 0.25) is 0 Å². The number of anilines is 1. The monoisotopic (exact) mass is 336 g/mol. The topological polar surface area (TPSA) is 91.6 Å². The van der Waals surface area contributed by atoms with E-state index in [1.807, 2.05) is 13.0 Å². The van der Waals surface area contributed by atoms with Gasteiger partial charge in [-0.15, -0.1) is 0 Å². The van der Waals surface area contributed by atoms with Gasteiger partial charge in [0.05, 0.1) is 11.2 Å². The summed E-state index contributed by atoms with van der Waals surface area (Å²) in [7, 11) is 0. The van der Waals surface area contributed by atoms with Gasteiger partial charge >= 0.3 is 0 Å². The van der Waals surface area contributed by atoms with Gasteiger partial charge in [-0.05, 0) is 37.1 Å². The van der Waals surface area contributed by atoms with Gasteiger partial charge in [0.25, 0.3) is 11.5 Å². The van der Waals surface area contributed by atoms with Crippen molar-refractivity contribution in [3.05, 3.63) is 63.9 Å². The van der Waals surface area contributed by atoms with Crippen LogP contribution in [0.4, 0.5) is 5.69 Å². The first-order valence-electron chi connectivity index (χ1n) is 7.97. The molecule has 0 saturated carbocycles. The minimum atomic E-state index is -0.751. The van der Waals surface area contributed by atoms with Crippen molar-refractivity contribution in [1.29, 1.82) is 0 Å². The van der Waals surface area contributed by atoms with Gasteiger partial charge in [0.15, 0.2) is 0 Å². The zero-order valence-electron chi connectivity index (χ0n) is 13.5. The number of phenolic OH excluding ortho intramolecular Hbond substituents is 1. The van der Waals surface area contributed by atoms with E-state index in [2.05, 4.69) is 5.32 Å². The molecule has 1 atom stereocenters. The lowest BCUT2D eigenvalue weighted by atomic mass is 10.1. The van der Waals surface area contributed by atoms with Crippen molar-refractivity contribution in [2.24, 2.45) is 0 Å². The van der Waals surface area contributed by atoms with Gasteiger partial charge < -0.3 is 20.1 Å². The summed E-state index contributed by atoms with van der Waals surface area (Å²) >= 11 is 0. The Morgan fingerprint density at radius 1 is 1.16 bits per heavy atom. The molecule has 6 nitrogen and oxygen atoms in total. The first kappa shape index (κ1) is 15.3. The van der Waals surface area contributed by atoms with Crippen LogP contribution >= 0.6 is 0 Å². The second kappa shape index (κ2) is 5.37. The van der Waals surface area contributed by atoms with Crippen molar-refractivity contribution >= 4 is 22.5 Å². The number of carbonyl (C=O) groups is 1. The number of nitrogens with zero attached hydrogens (tertiary/aromatic N) is 1. The third-order valence-corrected chi connectivity index (χ3v) is 4.62. The minimum Gasteiger partial charge on any atom is -0.506 e. The van der Waals surface area contributed by atoms with E-state index in [0.717, 1.165) is 5.56 Å². The number of para-hydroxylation sites is 3. The Hall–Kier alpha value is -3.28. The van der Waals surface area contributed by atoms with Crippen LogP contribution in [-0.4, -0.2) is 20.7 Å². The van der Waals surface area contributed by atoms with E-state index >= 15 is 0 Å². The Kier molecular flexibility index (Phi) is 3.28. The molecule has 3 aromatic rings. The molecule has 4 rings (SSSR count). The van der Waals surface area contributed by atoms with E-state index in [-0.39, 0.29) is 28.8 Å². The summed E-state index contributed by atoms with van der Waals surface area (Å²) in [6.07, 6.45) is 0.677. The number of aromatic hydroxyl groups is 2. The summed E-state index contributed by atoms with van der Waals surface area (Å²) in [5.41, 5.74) is 0.980. The predicted octanol–water partition coefficient (Wildman–Crippen LogP) is 2.78. The third-order valence-electron chi connectivity index (χ3n) is 4.62. The van der Waals surface area contributed by atoms with Crippen molar-refractivity contribution in [3.63, 3.8) is 0 Å². The number of hydrogen-bond donors (Lipinski definition) is 3. The maximum absolute atomic E-state index is 12.9. The van der Waals surface area contributed by atoms with Gasteiger partial charge in [-0.3, -0.25) is 9.59 Å². The average Bonchev–Trinajstić information content (AvgIpc) is 2.92. The molecule has 0 aliphatic carbocycles. The highest BCUT2D eigenvalue weighted by Crippen LogP contribution is 2.36. The molecule has 0 bridgehead atoms. The number of pyridine rings is 1. The number of benzene rings is 2. The Bertz CT molecular complexity index is 1080. The third kappa shape index (κ3) is 2.18. The second-order valence-corrected chi connectivity index (χ2v) is 6.24. The summed E-state index contributed by atoms with van der Waals surface area (Å²) in [6, 6.07) is 11.5. The van der Waals surface area contributed by atoms with E-state index in [4.69, 9.17) is 0 Å². The van der Waals surface area contributed by atoms with Crippen LogP contribution in [0.2, 0.25) is 0 Å². The highest BCUT2D eigenvalue weighted by atomic mass is 16.3. The molecule has 25 heavy (non-hydrogen) atoms. The zero-order chi connectivity index (χ0) is 17.7. The molecule has 126 valence electrons. The molecular weight excluding hydrogens is 320 g/mol. The predicted molar refractivity (Wildman–Crippen MR) is 94.3 cm³/mol. The fraction of sp³-hybridized carbons (Fsp3) is 0.158. The van der Waals surface area contributed by atoms with Gasteiger partial charge in [-0.2, -0.15) is 0 Å². The summed E-state index contributed by atoms with van der Waals surface area (Å²) in [6.45, 7) is 1.91. The zero-order valence-corrected chi connectivity index (χ0v) is 13.5. The second-order valence-electron chi connectivity index (χ2n) is 6.24. The van der Waals surface area contributed by atoms with Crippen LogP contribution in [0.25, 0.3) is 10.9 Å². The molecule has 1 aromatic heterocycles. The van der Waals surface area contributed by atoms with Crippen molar-refractivity contribution in [2.75, 3.05) is 5.32 Å². The highest BCUT2D eigenvalue weighted by molar-refractivity contribution is 6.10. The number of hydrogen-bond acceptors (Lipinski definition) is 4. The van der Waals surface area contributed by atoms with Gasteiger partial charge in [-0.25, -0.2) is 0 Å². The smallest absolute Gasteiger partial charge is 0.268 e. The maximum atomic E-state index is 12.9. The van der Waals surface area contributed by atoms with Gasteiger partial charge in [-0.1, -0.05) is 24.3 Å². The normalized spacial score (nSPS) is 15.5. The number of carbonyl (C=O) groups excluding carboxylic acids is 1. The van der Waals surface area contributed by atoms with E-state index in [1.165, 1.54) is 12.1 Å². The van der Waals surface area contributed by atoms with E-state index in [1.54, 1.807) is 28.8 Å². The number of aromatic nitrogens is 1. The van der Waals surface area contributed by atoms with Crippen LogP contribution < -0.4 is 10.9 Å². The van der Waals surface area contributed by atoms with E-state index < -0.39 is 11.5 Å². The minimum absolute atomic E-state index is 0.0929. The SMILES string of the molecule is C[C@H]1Cc2cccc3c(O)c(C(=O)Nc4ccccc4O)c(=O)n1c23. The van der Waals surface area contributed by atoms with Crippen LogP contribution in [0.15, 0.2) is 47.3 Å². The van der Waals surface area contributed by atoms with Crippen LogP contribution in [0, 0.1) is 0 Å². The molecule has 1 amide bonds. The van der Waals surface area contributed by atoms with E-state index in [0.29, 0.717) is 17.3 Å². The Balaban J connectivity index is 1.91. The summed E-state index contributed by atoms with van der Waals surface area (Å²) in [5, 5.41) is 23.4. The summed E-state index contributed by atoms with van der Waals surface area (Å²) in [5.74, 6) is -1.20. The molecule has 0 spiro atoms. The van der Waals surface area contributed by atoms with Crippen molar-refractivity contribution in [1.82, 2.24) is 4.57 Å². The average molecular weight is 336 g/mol. The molecule has 0 fully saturated rings. The first-order chi connectivity index (χ1) is 12.0. The van der Waals surface area contributed by atoms with Gasteiger partial charge in [0.1, 0.15) is 17.1 Å². The summed E-state index contributed by atoms with van der Waals surface area (Å²) in [4.78, 5) is 25.5. The lowest BCUT2D eigenvalue weighted by Crippen LogP contribution is -2.30. The Morgan fingerprint density at radius 2 is 1.92 bits per heavy atom. The molecule has 2 aromatic carbocycles. The Labute approximate surface area is 143 Å². The quantitative estimate of drug-likeness (QED) is 0.628. The van der Waals surface area contributed by atoms with E-state index in [9.17, 15) is 19.8 Å². The van der Waals surface area contributed by atoms with Crippen LogP contribution in [0.5, 0.6) is 11.5 Å². The standard InChI is InChI=1S/C19H16N2O4/c1-10-9-11-5-4-6-12-16(11)21(10)19(25)15(17(12)23)18(24)20-13-7-2-3-8-14(13)22/h2-8,10,22-23H,9H2,1H3,(H,20,24)/t10-/m0/s1.